The van der Waals surface area contributed by atoms with E-state index in [1.54, 1.807) is 0 Å². The summed E-state index contributed by atoms with van der Waals surface area (Å²) in [5.74, 6) is 3.16. The van der Waals surface area contributed by atoms with Gasteiger partial charge in [0.1, 0.15) is 5.78 Å². The van der Waals surface area contributed by atoms with Crippen molar-refractivity contribution in [3.8, 4) is 0 Å². The number of thioether (sulfide) groups is 1. The molecule has 1 saturated carbocycles. The molecule has 1 atom stereocenters. The molecule has 17 heavy (non-hydrogen) atoms. The van der Waals surface area contributed by atoms with Crippen molar-refractivity contribution in [1.29, 1.82) is 0 Å². The van der Waals surface area contributed by atoms with Crippen LogP contribution in [0.25, 0.3) is 0 Å². The lowest BCUT2D eigenvalue weighted by Crippen LogP contribution is -2.28. The van der Waals surface area contributed by atoms with Gasteiger partial charge in [-0.15, -0.1) is 0 Å². The zero-order valence-corrected chi connectivity index (χ0v) is 11.9. The molecule has 1 unspecified atom stereocenters. The monoisotopic (exact) mass is 254 g/mol. The lowest BCUT2D eigenvalue weighted by molar-refractivity contribution is -0.123. The van der Waals surface area contributed by atoms with E-state index < -0.39 is 0 Å². The molecule has 0 radical (unpaired) electrons. The molecule has 0 aromatic heterocycles. The van der Waals surface area contributed by atoms with Crippen molar-refractivity contribution < 1.29 is 4.79 Å². The van der Waals surface area contributed by atoms with Crippen LogP contribution < -0.4 is 0 Å². The van der Waals surface area contributed by atoms with Gasteiger partial charge in [-0.05, 0) is 50.2 Å². The zero-order chi connectivity index (χ0) is 12.1. The highest BCUT2D eigenvalue weighted by molar-refractivity contribution is 8.00. The highest BCUT2D eigenvalue weighted by atomic mass is 32.2. The maximum Gasteiger partial charge on any atom is 0.148 e. The van der Waals surface area contributed by atoms with Crippen LogP contribution in [-0.2, 0) is 4.79 Å². The number of hydrogen-bond donors (Lipinski definition) is 0. The molecule has 0 N–H and O–H groups in total. The van der Waals surface area contributed by atoms with E-state index in [9.17, 15) is 4.79 Å². The summed E-state index contributed by atoms with van der Waals surface area (Å²) in [7, 11) is 0. The van der Waals surface area contributed by atoms with E-state index in [0.29, 0.717) is 17.0 Å². The van der Waals surface area contributed by atoms with Crippen molar-refractivity contribution in [3.05, 3.63) is 0 Å². The molecule has 0 amide bonds. The third kappa shape index (κ3) is 3.74. The van der Waals surface area contributed by atoms with Gasteiger partial charge in [-0.2, -0.15) is 11.8 Å². The number of ketones is 1. The van der Waals surface area contributed by atoms with Gasteiger partial charge in [0.15, 0.2) is 0 Å². The molecule has 0 aromatic rings. The van der Waals surface area contributed by atoms with Crippen molar-refractivity contribution in [1.82, 2.24) is 0 Å². The average Bonchev–Trinajstić information content (AvgIpc) is 2.90. The number of carbonyl (C=O) groups excluding carboxylic acids is 1. The van der Waals surface area contributed by atoms with Gasteiger partial charge in [-0.25, -0.2) is 0 Å². The Hall–Kier alpha value is 0.0200. The second kappa shape index (κ2) is 6.82. The summed E-state index contributed by atoms with van der Waals surface area (Å²) in [6.07, 6.45) is 11.5. The molecule has 0 bridgehead atoms. The van der Waals surface area contributed by atoms with Crippen LogP contribution >= 0.6 is 11.8 Å². The molecule has 2 rings (SSSR count). The Balaban J connectivity index is 1.72. The second-order valence-electron chi connectivity index (χ2n) is 5.76. The van der Waals surface area contributed by atoms with Crippen LogP contribution in [0.5, 0.6) is 0 Å². The van der Waals surface area contributed by atoms with Crippen LogP contribution in [0, 0.1) is 11.8 Å². The van der Waals surface area contributed by atoms with E-state index >= 15 is 0 Å². The number of unbranched alkanes of at least 4 members (excludes halogenated alkanes) is 1. The Morgan fingerprint density at radius 1 is 1.18 bits per heavy atom. The highest BCUT2D eigenvalue weighted by Gasteiger charge is 2.32. The molecule has 1 aliphatic heterocycles. The summed E-state index contributed by atoms with van der Waals surface area (Å²) in [4.78, 5) is 12.3. The fourth-order valence-electron chi connectivity index (χ4n) is 3.29. The molecule has 2 fully saturated rings. The Morgan fingerprint density at radius 3 is 2.53 bits per heavy atom. The first-order valence-corrected chi connectivity index (χ1v) is 8.51. The van der Waals surface area contributed by atoms with Crippen LogP contribution in [0.4, 0.5) is 0 Å². The predicted molar refractivity (Wildman–Crippen MR) is 75.5 cm³/mol. The third-order valence-corrected chi connectivity index (χ3v) is 5.86. The van der Waals surface area contributed by atoms with Gasteiger partial charge < -0.3 is 0 Å². The van der Waals surface area contributed by atoms with Crippen LogP contribution in [0.2, 0.25) is 0 Å². The number of rotatable bonds is 5. The molecule has 98 valence electrons. The van der Waals surface area contributed by atoms with Gasteiger partial charge in [0.25, 0.3) is 0 Å². The van der Waals surface area contributed by atoms with E-state index in [1.807, 2.05) is 11.8 Å². The molecule has 0 aromatic carbocycles. The van der Waals surface area contributed by atoms with E-state index in [0.717, 1.165) is 12.3 Å². The van der Waals surface area contributed by atoms with Crippen molar-refractivity contribution in [3.63, 3.8) is 0 Å². The van der Waals surface area contributed by atoms with Gasteiger partial charge in [-0.3, -0.25) is 4.79 Å². The molecular weight excluding hydrogens is 228 g/mol. The van der Waals surface area contributed by atoms with E-state index in [2.05, 4.69) is 6.92 Å². The lowest BCUT2D eigenvalue weighted by Gasteiger charge is -2.28. The number of carbonyl (C=O) groups is 1. The van der Waals surface area contributed by atoms with Crippen LogP contribution in [-0.4, -0.2) is 16.8 Å². The maximum absolute atomic E-state index is 12.3. The Labute approximate surface area is 110 Å². The molecule has 2 heteroatoms. The van der Waals surface area contributed by atoms with Crippen LogP contribution in [0.1, 0.15) is 64.7 Å². The molecule has 1 nitrogen and oxygen atoms in total. The first-order valence-electron chi connectivity index (χ1n) is 7.46. The second-order valence-corrected chi connectivity index (χ2v) is 7.07. The van der Waals surface area contributed by atoms with Crippen molar-refractivity contribution in [2.75, 3.05) is 5.75 Å². The summed E-state index contributed by atoms with van der Waals surface area (Å²) in [5.41, 5.74) is 0. The van der Waals surface area contributed by atoms with Crippen molar-refractivity contribution >= 4 is 17.5 Å². The minimum Gasteiger partial charge on any atom is -0.298 e. The highest BCUT2D eigenvalue weighted by Crippen LogP contribution is 2.36. The van der Waals surface area contributed by atoms with Crippen LogP contribution in [0.3, 0.4) is 0 Å². The fraction of sp³-hybridized carbons (Fsp3) is 0.933. The predicted octanol–water partition coefficient (Wildman–Crippen LogP) is 4.45. The molecule has 1 saturated heterocycles. The molecular formula is C15H26OS. The average molecular weight is 254 g/mol. The quantitative estimate of drug-likeness (QED) is 0.721. The van der Waals surface area contributed by atoms with Crippen molar-refractivity contribution in [2.45, 2.75) is 70.0 Å². The fourth-order valence-corrected chi connectivity index (χ4v) is 4.60. The van der Waals surface area contributed by atoms with Gasteiger partial charge in [0, 0.05) is 5.92 Å². The normalized spacial score (nSPS) is 33.8. The minimum absolute atomic E-state index is 0.368. The van der Waals surface area contributed by atoms with E-state index in [4.69, 9.17) is 0 Å². The number of Topliss-reactive ketones (excluding diaryl/α,β-unsaturated/α-hetero) is 1. The van der Waals surface area contributed by atoms with Gasteiger partial charge in [-0.1, -0.05) is 26.2 Å². The maximum atomic E-state index is 12.3. The Kier molecular flexibility index (Phi) is 5.40. The smallest absolute Gasteiger partial charge is 0.148 e. The number of hydrogen-bond acceptors (Lipinski definition) is 2. The molecule has 1 heterocycles. The van der Waals surface area contributed by atoms with Crippen molar-refractivity contribution in [2.24, 2.45) is 11.8 Å². The topological polar surface area (TPSA) is 17.1 Å². The van der Waals surface area contributed by atoms with Gasteiger partial charge in [0.05, 0.1) is 5.25 Å². The Morgan fingerprint density at radius 2 is 1.94 bits per heavy atom. The molecule has 1 aliphatic carbocycles. The summed E-state index contributed by atoms with van der Waals surface area (Å²) >= 11 is 1.91. The first-order chi connectivity index (χ1) is 8.31. The lowest BCUT2D eigenvalue weighted by atomic mass is 9.77. The standard InChI is InChI=1S/C15H26OS/c1-2-3-5-12-7-9-13(10-8-12)15(16)14-6-4-11-17-14/h12-14H,2-11H2,1H3. The molecule has 0 spiro atoms. The zero-order valence-electron chi connectivity index (χ0n) is 11.1. The third-order valence-electron chi connectivity index (χ3n) is 4.46. The molecule has 2 aliphatic rings. The SMILES string of the molecule is CCCCC1CCC(C(=O)C2CCCS2)CC1. The first kappa shape index (κ1) is 13.5. The largest absolute Gasteiger partial charge is 0.298 e. The summed E-state index contributed by atoms with van der Waals surface area (Å²) in [6.45, 7) is 2.27. The summed E-state index contributed by atoms with van der Waals surface area (Å²) in [6, 6.07) is 0. The van der Waals surface area contributed by atoms with E-state index in [-0.39, 0.29) is 0 Å². The van der Waals surface area contributed by atoms with E-state index in [1.165, 1.54) is 57.1 Å². The summed E-state index contributed by atoms with van der Waals surface area (Å²) < 4.78 is 0. The Bertz CT molecular complexity index is 237. The summed E-state index contributed by atoms with van der Waals surface area (Å²) in [5, 5.41) is 0.368. The van der Waals surface area contributed by atoms with Gasteiger partial charge in [0.2, 0.25) is 0 Å². The minimum atomic E-state index is 0.368. The van der Waals surface area contributed by atoms with Gasteiger partial charge >= 0.3 is 0 Å². The van der Waals surface area contributed by atoms with Crippen LogP contribution in [0.15, 0.2) is 0 Å².